The first-order valence-corrected chi connectivity index (χ1v) is 12.2. The van der Waals surface area contributed by atoms with Crippen molar-refractivity contribution >= 4 is 0 Å². The van der Waals surface area contributed by atoms with Crippen LogP contribution in [-0.4, -0.2) is 35.7 Å². The van der Waals surface area contributed by atoms with Crippen molar-refractivity contribution in [3.8, 4) is 0 Å². The Kier molecular flexibility index (Phi) is 8.33. The summed E-state index contributed by atoms with van der Waals surface area (Å²) in [6.45, 7) is 6.07. The van der Waals surface area contributed by atoms with Crippen LogP contribution in [0.2, 0.25) is 0 Å². The van der Waals surface area contributed by atoms with Crippen molar-refractivity contribution in [1.82, 2.24) is 4.90 Å². The summed E-state index contributed by atoms with van der Waals surface area (Å²) in [6, 6.07) is 16.4. The van der Waals surface area contributed by atoms with Crippen molar-refractivity contribution in [2.75, 3.05) is 19.6 Å². The summed E-state index contributed by atoms with van der Waals surface area (Å²) in [5.41, 5.74) is 9.97. The molecule has 2 saturated heterocycles. The minimum Gasteiger partial charge on any atom is -0.392 e. The van der Waals surface area contributed by atoms with Crippen LogP contribution in [0.4, 0.5) is 0 Å². The van der Waals surface area contributed by atoms with Crippen LogP contribution in [0.3, 0.4) is 0 Å². The van der Waals surface area contributed by atoms with E-state index in [0.29, 0.717) is 6.54 Å². The molecule has 2 heterocycles. The summed E-state index contributed by atoms with van der Waals surface area (Å²) < 4.78 is 13.1. The van der Waals surface area contributed by atoms with Crippen molar-refractivity contribution in [3.05, 3.63) is 70.8 Å². The van der Waals surface area contributed by atoms with Gasteiger partial charge in [-0.1, -0.05) is 74.7 Å². The van der Waals surface area contributed by atoms with Crippen LogP contribution >= 0.6 is 0 Å². The Morgan fingerprint density at radius 2 is 1.44 bits per heavy atom. The van der Waals surface area contributed by atoms with E-state index in [2.05, 4.69) is 48.2 Å². The maximum absolute atomic E-state index is 9.43. The van der Waals surface area contributed by atoms with Crippen molar-refractivity contribution in [2.24, 2.45) is 11.7 Å². The lowest BCUT2D eigenvalue weighted by Gasteiger charge is -2.43. The molecular formula is C27H38N2O3. The Morgan fingerprint density at radius 1 is 0.844 bits per heavy atom. The minimum atomic E-state index is -0.403. The molecule has 4 rings (SSSR count). The number of rotatable bonds is 6. The van der Waals surface area contributed by atoms with E-state index in [0.717, 1.165) is 41.9 Å². The molecule has 0 saturated carbocycles. The molecule has 5 nitrogen and oxygen atoms in total. The Balaban J connectivity index is 1.56. The van der Waals surface area contributed by atoms with Crippen LogP contribution in [0, 0.1) is 5.92 Å². The zero-order chi connectivity index (χ0) is 22.3. The molecule has 3 N–H and O–H groups in total. The van der Waals surface area contributed by atoms with E-state index in [1.165, 1.54) is 32.1 Å². The fourth-order valence-electron chi connectivity index (χ4n) is 4.89. The average molecular weight is 439 g/mol. The fraction of sp³-hybridized carbons (Fsp3) is 0.556. The third-order valence-corrected chi connectivity index (χ3v) is 7.00. The Bertz CT molecular complexity index is 816. The van der Waals surface area contributed by atoms with Gasteiger partial charge in [0.15, 0.2) is 6.29 Å². The second-order valence-electron chi connectivity index (χ2n) is 9.34. The summed E-state index contributed by atoms with van der Waals surface area (Å²) in [4.78, 5) is 2.59. The Hall–Kier alpha value is -1.76. The highest BCUT2D eigenvalue weighted by Crippen LogP contribution is 2.42. The number of hydrogen-bond donors (Lipinski definition) is 2. The number of nitrogens with two attached hydrogens (primary N) is 1. The van der Waals surface area contributed by atoms with Crippen LogP contribution in [0.1, 0.15) is 73.7 Å². The van der Waals surface area contributed by atoms with Crippen LogP contribution in [0.15, 0.2) is 48.5 Å². The predicted molar refractivity (Wildman–Crippen MR) is 127 cm³/mol. The van der Waals surface area contributed by atoms with Gasteiger partial charge in [0.1, 0.15) is 0 Å². The molecule has 5 heteroatoms. The standard InChI is InChI=1S/C27H38N2O3/c1-20-25(18-29-15-5-3-2-4-6-16-29)31-27(24-13-7-21(17-28)8-14-24)32-26(20)23-11-9-22(19-30)10-12-23/h7-14,20,25-27,30H,2-6,15-19,28H2,1H3/t20-,25+,26+,27+/m1/s1. The number of likely N-dealkylation sites (tertiary alicyclic amines) is 1. The fourth-order valence-corrected chi connectivity index (χ4v) is 4.89. The molecular weight excluding hydrogens is 400 g/mol. The number of benzene rings is 2. The molecule has 0 spiro atoms. The summed E-state index contributed by atoms with van der Waals surface area (Å²) in [5.74, 6) is 0.222. The van der Waals surface area contributed by atoms with Gasteiger partial charge in [0.2, 0.25) is 0 Å². The average Bonchev–Trinajstić information content (AvgIpc) is 2.82. The molecule has 4 atom stereocenters. The first kappa shape index (κ1) is 23.4. The van der Waals surface area contributed by atoms with Gasteiger partial charge < -0.3 is 25.2 Å². The highest BCUT2D eigenvalue weighted by Gasteiger charge is 2.39. The van der Waals surface area contributed by atoms with E-state index < -0.39 is 6.29 Å². The number of nitrogens with zero attached hydrogens (tertiary/aromatic N) is 1. The summed E-state index contributed by atoms with van der Waals surface area (Å²) in [5, 5.41) is 9.43. The number of aliphatic hydroxyl groups is 1. The van der Waals surface area contributed by atoms with E-state index in [9.17, 15) is 5.11 Å². The van der Waals surface area contributed by atoms with Gasteiger partial charge in [-0.25, -0.2) is 0 Å². The molecule has 0 aliphatic carbocycles. The van der Waals surface area contributed by atoms with Crippen molar-refractivity contribution in [1.29, 1.82) is 0 Å². The molecule has 2 aliphatic rings. The third kappa shape index (κ3) is 5.77. The predicted octanol–water partition coefficient (Wildman–Crippen LogP) is 4.70. The van der Waals surface area contributed by atoms with Crippen molar-refractivity contribution in [2.45, 2.75) is 70.7 Å². The first-order valence-electron chi connectivity index (χ1n) is 12.2. The Labute approximate surface area is 192 Å². The van der Waals surface area contributed by atoms with E-state index in [1.54, 1.807) is 0 Å². The quantitative estimate of drug-likeness (QED) is 0.685. The van der Waals surface area contributed by atoms with E-state index in [-0.39, 0.29) is 24.7 Å². The highest BCUT2D eigenvalue weighted by atomic mass is 16.7. The van der Waals surface area contributed by atoms with Gasteiger partial charge in [-0.2, -0.15) is 0 Å². The van der Waals surface area contributed by atoms with Crippen molar-refractivity contribution in [3.63, 3.8) is 0 Å². The SMILES string of the molecule is C[C@@H]1[C@H](CN2CCCCCCC2)O[C@H](c2ccc(CN)cc2)O[C@@H]1c1ccc(CO)cc1. The van der Waals surface area contributed by atoms with E-state index in [1.807, 2.05) is 12.1 Å². The maximum Gasteiger partial charge on any atom is 0.184 e. The molecule has 0 radical (unpaired) electrons. The largest absolute Gasteiger partial charge is 0.392 e. The number of aliphatic hydroxyl groups excluding tert-OH is 1. The van der Waals surface area contributed by atoms with Crippen LogP contribution in [0.25, 0.3) is 0 Å². The Morgan fingerprint density at radius 3 is 2.06 bits per heavy atom. The second-order valence-corrected chi connectivity index (χ2v) is 9.34. The first-order chi connectivity index (χ1) is 15.7. The monoisotopic (exact) mass is 438 g/mol. The van der Waals surface area contributed by atoms with Gasteiger partial charge in [0.25, 0.3) is 0 Å². The smallest absolute Gasteiger partial charge is 0.184 e. The number of ether oxygens (including phenoxy) is 2. The van der Waals surface area contributed by atoms with Gasteiger partial charge in [-0.05, 0) is 42.6 Å². The molecule has 2 aromatic carbocycles. The zero-order valence-corrected chi connectivity index (χ0v) is 19.3. The molecule has 2 fully saturated rings. The number of hydrogen-bond acceptors (Lipinski definition) is 5. The van der Waals surface area contributed by atoms with Crippen molar-refractivity contribution < 1.29 is 14.6 Å². The topological polar surface area (TPSA) is 68.0 Å². The minimum absolute atomic E-state index is 0.0537. The summed E-state index contributed by atoms with van der Waals surface area (Å²) in [6.07, 6.45) is 6.19. The lowest BCUT2D eigenvalue weighted by Crippen LogP contribution is -2.45. The molecule has 174 valence electrons. The van der Waals surface area contributed by atoms with Gasteiger partial charge in [-0.15, -0.1) is 0 Å². The van der Waals surface area contributed by atoms with Gasteiger partial charge in [0, 0.05) is 24.6 Å². The maximum atomic E-state index is 9.43. The lowest BCUT2D eigenvalue weighted by atomic mass is 9.89. The highest BCUT2D eigenvalue weighted by molar-refractivity contribution is 5.27. The second kappa shape index (κ2) is 11.4. The normalized spacial score (nSPS) is 27.6. The van der Waals surface area contributed by atoms with E-state index >= 15 is 0 Å². The molecule has 0 bridgehead atoms. The van der Waals surface area contributed by atoms with Crippen LogP contribution < -0.4 is 5.73 Å². The summed E-state index contributed by atoms with van der Waals surface area (Å²) in [7, 11) is 0. The van der Waals surface area contributed by atoms with Crippen LogP contribution in [0.5, 0.6) is 0 Å². The van der Waals surface area contributed by atoms with Gasteiger partial charge in [0.05, 0.1) is 18.8 Å². The molecule has 0 amide bonds. The third-order valence-electron chi connectivity index (χ3n) is 7.00. The molecule has 2 aromatic rings. The van der Waals surface area contributed by atoms with Gasteiger partial charge in [-0.3, -0.25) is 0 Å². The van der Waals surface area contributed by atoms with Crippen LogP contribution in [-0.2, 0) is 22.6 Å². The summed E-state index contributed by atoms with van der Waals surface area (Å²) >= 11 is 0. The lowest BCUT2D eigenvalue weighted by molar-refractivity contribution is -0.276. The molecule has 0 unspecified atom stereocenters. The molecule has 32 heavy (non-hydrogen) atoms. The zero-order valence-electron chi connectivity index (χ0n) is 19.3. The van der Waals surface area contributed by atoms with Gasteiger partial charge >= 0.3 is 0 Å². The molecule has 0 aromatic heterocycles. The van der Waals surface area contributed by atoms with E-state index in [4.69, 9.17) is 15.2 Å². The molecule has 2 aliphatic heterocycles.